The predicted molar refractivity (Wildman–Crippen MR) is 96.9 cm³/mol. The second-order valence-corrected chi connectivity index (χ2v) is 14.5. The van der Waals surface area contributed by atoms with E-state index in [0.717, 1.165) is 13.0 Å². The Labute approximate surface area is 143 Å². The summed E-state index contributed by atoms with van der Waals surface area (Å²) in [7, 11) is -1.75. The highest BCUT2D eigenvalue weighted by molar-refractivity contribution is 6.74. The Kier molecular flexibility index (Phi) is 4.24. The van der Waals surface area contributed by atoms with Crippen molar-refractivity contribution in [3.8, 4) is 0 Å². The highest BCUT2D eigenvalue weighted by Gasteiger charge is 2.61. The minimum Gasteiger partial charge on any atom is -0.415 e. The summed E-state index contributed by atoms with van der Waals surface area (Å²) in [6.45, 7) is 14.4. The zero-order valence-corrected chi connectivity index (χ0v) is 16.9. The highest BCUT2D eigenvalue weighted by Crippen LogP contribution is 2.56. The van der Waals surface area contributed by atoms with Crippen LogP contribution >= 0.6 is 0 Å². The van der Waals surface area contributed by atoms with Gasteiger partial charge in [-0.3, -0.25) is 4.79 Å². The summed E-state index contributed by atoms with van der Waals surface area (Å²) in [4.78, 5) is 15.3. The van der Waals surface area contributed by atoms with Crippen LogP contribution in [0, 0.1) is 11.8 Å². The standard InChI is InChI=1S/C19H35NO2Si/c1-14-16-10-8-12-19(16)11-7-9-15(20(19)17(14)21)13-22-23(5,6)18(2,3)4/h14-16H,7-13H2,1-6H3/t14-,15-,16-,19-/m1/s1. The van der Waals surface area contributed by atoms with Gasteiger partial charge in [0.05, 0.1) is 12.6 Å². The average molecular weight is 338 g/mol. The number of rotatable bonds is 3. The van der Waals surface area contributed by atoms with E-state index in [4.69, 9.17) is 4.43 Å². The van der Waals surface area contributed by atoms with Crippen molar-refractivity contribution in [2.24, 2.45) is 11.8 Å². The normalized spacial score (nSPS) is 37.9. The number of piperidine rings is 1. The number of carbonyl (C=O) groups is 1. The molecular formula is C19H35NO2Si. The molecule has 2 saturated heterocycles. The monoisotopic (exact) mass is 337 g/mol. The van der Waals surface area contributed by atoms with E-state index in [1.807, 2.05) is 0 Å². The first kappa shape index (κ1) is 17.5. The van der Waals surface area contributed by atoms with Crippen molar-refractivity contribution in [1.29, 1.82) is 0 Å². The third kappa shape index (κ3) is 2.60. The third-order valence-electron chi connectivity index (χ3n) is 7.48. The van der Waals surface area contributed by atoms with E-state index in [9.17, 15) is 4.79 Å². The molecule has 0 bridgehead atoms. The molecule has 23 heavy (non-hydrogen) atoms. The van der Waals surface area contributed by atoms with Crippen LogP contribution in [0.5, 0.6) is 0 Å². The van der Waals surface area contributed by atoms with Gasteiger partial charge in [0, 0.05) is 11.5 Å². The Morgan fingerprint density at radius 1 is 1.22 bits per heavy atom. The summed E-state index contributed by atoms with van der Waals surface area (Å²) in [5.41, 5.74) is 0.191. The second-order valence-electron chi connectivity index (χ2n) is 9.72. The molecule has 0 aromatic heterocycles. The van der Waals surface area contributed by atoms with Gasteiger partial charge in [-0.1, -0.05) is 34.1 Å². The molecule has 3 nitrogen and oxygen atoms in total. The third-order valence-corrected chi connectivity index (χ3v) is 12.0. The van der Waals surface area contributed by atoms with Crippen molar-refractivity contribution in [3.63, 3.8) is 0 Å². The Balaban J connectivity index is 1.78. The number of carbonyl (C=O) groups excluding carboxylic acids is 1. The first-order chi connectivity index (χ1) is 10.6. The molecule has 0 radical (unpaired) electrons. The lowest BCUT2D eigenvalue weighted by atomic mass is 9.77. The molecule has 1 spiro atoms. The van der Waals surface area contributed by atoms with Crippen LogP contribution in [-0.4, -0.2) is 37.3 Å². The SMILES string of the molecule is C[C@H]1C(=O)N2[C@@H](CO[Si](C)(C)C(C)(C)C)CCC[C@]23CCC[C@H]13. The number of hydrogen-bond donors (Lipinski definition) is 0. The number of nitrogens with zero attached hydrogens (tertiary/aromatic N) is 1. The fourth-order valence-corrected chi connectivity index (χ4v) is 6.18. The summed E-state index contributed by atoms with van der Waals surface area (Å²) >= 11 is 0. The smallest absolute Gasteiger partial charge is 0.226 e. The van der Waals surface area contributed by atoms with Crippen molar-refractivity contribution < 1.29 is 9.22 Å². The molecule has 0 aromatic rings. The molecule has 2 heterocycles. The van der Waals surface area contributed by atoms with Gasteiger partial charge in [-0.15, -0.1) is 0 Å². The van der Waals surface area contributed by atoms with Gasteiger partial charge < -0.3 is 9.33 Å². The molecule has 3 aliphatic rings. The number of amides is 1. The molecule has 0 aromatic carbocycles. The summed E-state index contributed by atoms with van der Waals surface area (Å²) in [5.74, 6) is 1.25. The van der Waals surface area contributed by atoms with Crippen LogP contribution in [0.1, 0.15) is 66.2 Å². The lowest BCUT2D eigenvalue weighted by Crippen LogP contribution is -2.57. The maximum atomic E-state index is 13.0. The van der Waals surface area contributed by atoms with E-state index in [0.29, 0.717) is 17.9 Å². The zero-order chi connectivity index (χ0) is 17.0. The van der Waals surface area contributed by atoms with Crippen LogP contribution in [0.25, 0.3) is 0 Å². The molecule has 1 saturated carbocycles. The molecule has 1 aliphatic carbocycles. The van der Waals surface area contributed by atoms with Gasteiger partial charge in [0.25, 0.3) is 0 Å². The quantitative estimate of drug-likeness (QED) is 0.706. The van der Waals surface area contributed by atoms with Gasteiger partial charge in [-0.2, -0.15) is 0 Å². The molecule has 0 unspecified atom stereocenters. The minimum absolute atomic E-state index is 0.191. The van der Waals surface area contributed by atoms with Crippen molar-refractivity contribution in [1.82, 2.24) is 4.90 Å². The van der Waals surface area contributed by atoms with Gasteiger partial charge >= 0.3 is 0 Å². The van der Waals surface area contributed by atoms with Gasteiger partial charge in [0.1, 0.15) is 0 Å². The van der Waals surface area contributed by atoms with Crippen LogP contribution in [0.2, 0.25) is 18.1 Å². The Morgan fingerprint density at radius 2 is 1.83 bits per heavy atom. The molecule has 0 N–H and O–H groups in total. The van der Waals surface area contributed by atoms with Crippen LogP contribution < -0.4 is 0 Å². The van der Waals surface area contributed by atoms with Crippen molar-refractivity contribution in [2.75, 3.05) is 6.61 Å². The summed E-state index contributed by atoms with van der Waals surface area (Å²) in [6.07, 6.45) is 7.39. The summed E-state index contributed by atoms with van der Waals surface area (Å²) < 4.78 is 6.52. The highest BCUT2D eigenvalue weighted by atomic mass is 28.4. The van der Waals surface area contributed by atoms with E-state index in [-0.39, 0.29) is 16.5 Å². The molecular weight excluding hydrogens is 302 g/mol. The predicted octanol–water partition coefficient (Wildman–Crippen LogP) is 4.58. The van der Waals surface area contributed by atoms with Crippen molar-refractivity contribution in [2.45, 2.75) is 95.9 Å². The number of hydrogen-bond acceptors (Lipinski definition) is 2. The largest absolute Gasteiger partial charge is 0.415 e. The van der Waals surface area contributed by atoms with E-state index in [2.05, 4.69) is 45.7 Å². The fourth-order valence-electron chi connectivity index (χ4n) is 5.13. The molecule has 4 heteroatoms. The zero-order valence-electron chi connectivity index (χ0n) is 15.9. The average Bonchev–Trinajstić information content (AvgIpc) is 2.94. The van der Waals surface area contributed by atoms with Crippen LogP contribution in [0.15, 0.2) is 0 Å². The summed E-state index contributed by atoms with van der Waals surface area (Å²) in [6, 6.07) is 0.316. The maximum absolute atomic E-state index is 13.0. The topological polar surface area (TPSA) is 29.5 Å². The van der Waals surface area contributed by atoms with E-state index < -0.39 is 8.32 Å². The van der Waals surface area contributed by atoms with Gasteiger partial charge in [0.2, 0.25) is 5.91 Å². The van der Waals surface area contributed by atoms with Gasteiger partial charge in [-0.05, 0) is 56.2 Å². The fraction of sp³-hybridized carbons (Fsp3) is 0.947. The molecule has 1 amide bonds. The van der Waals surface area contributed by atoms with Crippen LogP contribution in [0.4, 0.5) is 0 Å². The Morgan fingerprint density at radius 3 is 2.43 bits per heavy atom. The van der Waals surface area contributed by atoms with E-state index in [1.165, 1.54) is 32.1 Å². The van der Waals surface area contributed by atoms with Crippen molar-refractivity contribution >= 4 is 14.2 Å². The second kappa shape index (κ2) is 5.59. The lowest BCUT2D eigenvalue weighted by Gasteiger charge is -2.48. The maximum Gasteiger partial charge on any atom is 0.226 e. The first-order valence-corrected chi connectivity index (χ1v) is 12.5. The molecule has 3 rings (SSSR count). The molecule has 4 atom stereocenters. The minimum atomic E-state index is -1.75. The van der Waals surface area contributed by atoms with Gasteiger partial charge in [0.15, 0.2) is 8.32 Å². The first-order valence-electron chi connectivity index (χ1n) is 9.57. The molecule has 2 aliphatic heterocycles. The van der Waals surface area contributed by atoms with E-state index >= 15 is 0 Å². The van der Waals surface area contributed by atoms with E-state index in [1.54, 1.807) is 0 Å². The Hall–Kier alpha value is -0.353. The van der Waals surface area contributed by atoms with Crippen LogP contribution in [0.3, 0.4) is 0 Å². The Bertz CT molecular complexity index is 484. The van der Waals surface area contributed by atoms with Crippen molar-refractivity contribution in [3.05, 3.63) is 0 Å². The summed E-state index contributed by atoms with van der Waals surface area (Å²) in [5, 5.41) is 0.234. The molecule has 3 fully saturated rings. The van der Waals surface area contributed by atoms with Crippen LogP contribution in [-0.2, 0) is 9.22 Å². The molecule has 132 valence electrons. The van der Waals surface area contributed by atoms with Gasteiger partial charge in [-0.25, -0.2) is 0 Å². The lowest BCUT2D eigenvalue weighted by molar-refractivity contribution is -0.140.